The number of anilines is 1. The van der Waals surface area contributed by atoms with Crippen LogP contribution >= 0.6 is 35.6 Å². The van der Waals surface area contributed by atoms with E-state index in [2.05, 4.69) is 5.32 Å². The van der Waals surface area contributed by atoms with Crippen molar-refractivity contribution in [3.63, 3.8) is 0 Å². The lowest BCUT2D eigenvalue weighted by Gasteiger charge is -2.14. The second kappa shape index (κ2) is 9.90. The van der Waals surface area contributed by atoms with Gasteiger partial charge in [-0.3, -0.25) is 24.6 Å². The molecule has 1 aliphatic heterocycles. The van der Waals surface area contributed by atoms with Gasteiger partial charge < -0.3 is 10.4 Å². The molecule has 0 spiro atoms. The van der Waals surface area contributed by atoms with Crippen LogP contribution in [0.4, 0.5) is 11.4 Å². The maximum Gasteiger partial charge on any atom is 0.273 e. The monoisotopic (exact) mass is 477 g/mol. The number of phenolic OH excluding ortho intramolecular Hbond substituents is 1. The molecule has 0 aromatic heterocycles. The van der Waals surface area contributed by atoms with Gasteiger partial charge in [-0.05, 0) is 30.2 Å². The summed E-state index contributed by atoms with van der Waals surface area (Å²) in [6.07, 6.45) is 2.09. The zero-order valence-electron chi connectivity index (χ0n) is 15.9. The summed E-state index contributed by atoms with van der Waals surface area (Å²) in [4.78, 5) is 36.7. The van der Waals surface area contributed by atoms with E-state index in [1.54, 1.807) is 24.3 Å². The molecule has 0 radical (unpaired) electrons. The van der Waals surface area contributed by atoms with Gasteiger partial charge in [0.2, 0.25) is 5.91 Å². The molecule has 31 heavy (non-hydrogen) atoms. The number of amides is 2. The van der Waals surface area contributed by atoms with Gasteiger partial charge in [-0.2, -0.15) is 0 Å². The average molecular weight is 478 g/mol. The molecular weight excluding hydrogens is 462 g/mol. The minimum Gasteiger partial charge on any atom is -0.506 e. The number of benzene rings is 2. The summed E-state index contributed by atoms with van der Waals surface area (Å²) in [5.41, 5.74) is 0.505. The van der Waals surface area contributed by atoms with Gasteiger partial charge in [0.1, 0.15) is 10.1 Å². The quantitative estimate of drug-likeness (QED) is 0.197. The number of carbonyl (C=O) groups is 2. The molecule has 3 rings (SSSR count). The molecule has 0 bridgehead atoms. The van der Waals surface area contributed by atoms with Crippen molar-refractivity contribution < 1.29 is 19.6 Å². The van der Waals surface area contributed by atoms with E-state index in [0.717, 1.165) is 6.07 Å². The number of nitrogens with zero attached hydrogens (tertiary/aromatic N) is 2. The standard InChI is InChI=1S/C20H16ClN3O5S2/c21-14-5-2-1-4-12(14)10-17-19(27)23(20(30)31-17)9-3-6-18(26)22-15-8-7-13(24(28)29)11-16(15)25/h1-2,4-5,7-8,10-11,25H,3,6,9H2,(H,22,26)/b17-10-. The Morgan fingerprint density at radius 1 is 1.32 bits per heavy atom. The highest BCUT2D eigenvalue weighted by atomic mass is 35.5. The van der Waals surface area contributed by atoms with Crippen LogP contribution in [0.5, 0.6) is 5.75 Å². The normalized spacial score (nSPS) is 14.9. The molecule has 2 amide bonds. The molecule has 1 saturated heterocycles. The van der Waals surface area contributed by atoms with Crippen LogP contribution in [0.15, 0.2) is 47.4 Å². The van der Waals surface area contributed by atoms with Gasteiger partial charge in [-0.15, -0.1) is 0 Å². The number of non-ortho nitro benzene ring substituents is 1. The van der Waals surface area contributed by atoms with Crippen LogP contribution in [-0.2, 0) is 9.59 Å². The Kier molecular flexibility index (Phi) is 7.26. The fourth-order valence-electron chi connectivity index (χ4n) is 2.78. The van der Waals surface area contributed by atoms with Gasteiger partial charge in [0.05, 0.1) is 21.6 Å². The van der Waals surface area contributed by atoms with E-state index >= 15 is 0 Å². The number of hydrogen-bond acceptors (Lipinski definition) is 7. The van der Waals surface area contributed by atoms with E-state index in [1.807, 2.05) is 6.07 Å². The van der Waals surface area contributed by atoms with E-state index in [-0.39, 0.29) is 30.2 Å². The summed E-state index contributed by atoms with van der Waals surface area (Å²) < 4.78 is 0.400. The second-order valence-corrected chi connectivity index (χ2v) is 8.55. The van der Waals surface area contributed by atoms with E-state index in [0.29, 0.717) is 26.2 Å². The number of thioether (sulfide) groups is 1. The van der Waals surface area contributed by atoms with Crippen LogP contribution in [0, 0.1) is 10.1 Å². The summed E-state index contributed by atoms with van der Waals surface area (Å²) >= 11 is 12.6. The number of rotatable bonds is 7. The van der Waals surface area contributed by atoms with Crippen LogP contribution < -0.4 is 5.32 Å². The van der Waals surface area contributed by atoms with Gasteiger partial charge in [-0.1, -0.05) is 53.8 Å². The van der Waals surface area contributed by atoms with Crippen molar-refractivity contribution in [2.24, 2.45) is 0 Å². The van der Waals surface area contributed by atoms with Gasteiger partial charge in [0.25, 0.3) is 11.6 Å². The maximum atomic E-state index is 12.6. The third-order valence-electron chi connectivity index (χ3n) is 4.32. The Morgan fingerprint density at radius 3 is 2.74 bits per heavy atom. The highest BCUT2D eigenvalue weighted by Crippen LogP contribution is 2.34. The molecule has 2 N–H and O–H groups in total. The molecular formula is C20H16ClN3O5S2. The number of nitro benzene ring substituents is 1. The molecule has 2 aromatic rings. The van der Waals surface area contributed by atoms with Gasteiger partial charge in [0, 0.05) is 24.1 Å². The summed E-state index contributed by atoms with van der Waals surface area (Å²) in [6, 6.07) is 10.5. The predicted molar refractivity (Wildman–Crippen MR) is 124 cm³/mol. The number of phenols is 1. The minimum absolute atomic E-state index is 0.0665. The first kappa shape index (κ1) is 22.7. The van der Waals surface area contributed by atoms with Crippen LogP contribution in [-0.4, -0.2) is 37.6 Å². The smallest absolute Gasteiger partial charge is 0.273 e. The molecule has 11 heteroatoms. The van der Waals surface area contributed by atoms with Crippen molar-refractivity contribution in [3.05, 3.63) is 68.1 Å². The average Bonchev–Trinajstić information content (AvgIpc) is 2.98. The first-order valence-corrected chi connectivity index (χ1v) is 10.6. The number of hydrogen-bond donors (Lipinski definition) is 2. The Morgan fingerprint density at radius 2 is 2.06 bits per heavy atom. The first-order chi connectivity index (χ1) is 14.8. The van der Waals surface area contributed by atoms with Gasteiger partial charge >= 0.3 is 0 Å². The van der Waals surface area contributed by atoms with Crippen LogP contribution in [0.1, 0.15) is 18.4 Å². The number of halogens is 1. The fraction of sp³-hybridized carbons (Fsp3) is 0.150. The Hall–Kier alpha value is -2.95. The molecule has 1 fully saturated rings. The van der Waals surface area contributed by atoms with Gasteiger partial charge in [-0.25, -0.2) is 0 Å². The first-order valence-electron chi connectivity index (χ1n) is 9.03. The lowest BCUT2D eigenvalue weighted by molar-refractivity contribution is -0.384. The summed E-state index contributed by atoms with van der Waals surface area (Å²) in [5, 5.41) is 23.5. The highest BCUT2D eigenvalue weighted by Gasteiger charge is 2.31. The number of aromatic hydroxyl groups is 1. The lowest BCUT2D eigenvalue weighted by atomic mass is 10.2. The van der Waals surface area contributed by atoms with Crippen LogP contribution in [0.25, 0.3) is 6.08 Å². The SMILES string of the molecule is O=C(CCCN1C(=O)/C(=C/c2ccccc2Cl)SC1=S)Nc1ccc([N+](=O)[O-])cc1O. The van der Waals surface area contributed by atoms with Crippen LogP contribution in [0.3, 0.4) is 0 Å². The molecule has 1 aliphatic rings. The number of carbonyl (C=O) groups excluding carboxylic acids is 2. The van der Waals surface area contributed by atoms with Crippen molar-refractivity contribution in [2.45, 2.75) is 12.8 Å². The third-order valence-corrected chi connectivity index (χ3v) is 6.04. The molecule has 2 aromatic carbocycles. The number of nitrogens with one attached hydrogen (secondary N) is 1. The lowest BCUT2D eigenvalue weighted by Crippen LogP contribution is -2.29. The summed E-state index contributed by atoms with van der Waals surface area (Å²) in [5.74, 6) is -1.05. The molecule has 8 nitrogen and oxygen atoms in total. The Labute approximate surface area is 192 Å². The Bertz CT molecular complexity index is 1110. The molecule has 160 valence electrons. The summed E-state index contributed by atoms with van der Waals surface area (Å²) in [7, 11) is 0. The second-order valence-electron chi connectivity index (χ2n) is 6.47. The zero-order valence-corrected chi connectivity index (χ0v) is 18.3. The molecule has 0 atom stereocenters. The minimum atomic E-state index is -0.645. The predicted octanol–water partition coefficient (Wildman–Crippen LogP) is 4.57. The largest absolute Gasteiger partial charge is 0.506 e. The van der Waals surface area contributed by atoms with Crippen molar-refractivity contribution in [1.29, 1.82) is 0 Å². The van der Waals surface area contributed by atoms with Crippen molar-refractivity contribution in [1.82, 2.24) is 4.90 Å². The van der Waals surface area contributed by atoms with E-state index in [4.69, 9.17) is 23.8 Å². The number of nitro groups is 1. The van der Waals surface area contributed by atoms with E-state index in [9.17, 15) is 24.8 Å². The molecule has 0 saturated carbocycles. The van der Waals surface area contributed by atoms with E-state index in [1.165, 1.54) is 28.8 Å². The van der Waals surface area contributed by atoms with Crippen molar-refractivity contribution >= 4 is 69.2 Å². The van der Waals surface area contributed by atoms with Crippen molar-refractivity contribution in [2.75, 3.05) is 11.9 Å². The van der Waals surface area contributed by atoms with Gasteiger partial charge in [0.15, 0.2) is 0 Å². The Balaban J connectivity index is 1.55. The maximum absolute atomic E-state index is 12.6. The van der Waals surface area contributed by atoms with E-state index < -0.39 is 16.6 Å². The van der Waals surface area contributed by atoms with Crippen molar-refractivity contribution in [3.8, 4) is 5.75 Å². The highest BCUT2D eigenvalue weighted by molar-refractivity contribution is 8.26. The zero-order chi connectivity index (χ0) is 22.5. The topological polar surface area (TPSA) is 113 Å². The molecule has 1 heterocycles. The number of thiocarbonyl (C=S) groups is 1. The fourth-order valence-corrected chi connectivity index (χ4v) is 4.27. The summed E-state index contributed by atoms with van der Waals surface area (Å²) in [6.45, 7) is 0.254. The van der Waals surface area contributed by atoms with Crippen LogP contribution in [0.2, 0.25) is 5.02 Å². The third kappa shape index (κ3) is 5.60. The molecule has 0 unspecified atom stereocenters. The molecule has 0 aliphatic carbocycles.